The number of aromatic hydroxyl groups is 1. The van der Waals surface area contributed by atoms with Gasteiger partial charge in [-0.15, -0.1) is 0 Å². The molecular weight excluding hydrogens is 348 g/mol. The fraction of sp³-hybridized carbons (Fsp3) is 0.458. The number of rotatable bonds is 3. The molecule has 0 atom stereocenters. The lowest BCUT2D eigenvalue weighted by molar-refractivity contribution is -0.00624. The molecule has 4 aliphatic carbocycles. The quantitative estimate of drug-likeness (QED) is 0.644. The van der Waals surface area contributed by atoms with Crippen molar-refractivity contribution in [1.29, 1.82) is 0 Å². The third-order valence-electron chi connectivity index (χ3n) is 7.57. The second-order valence-electron chi connectivity index (χ2n) is 9.38. The summed E-state index contributed by atoms with van der Waals surface area (Å²) in [7, 11) is 1.64. The maximum Gasteiger partial charge on any atom is 0.161 e. The van der Waals surface area contributed by atoms with E-state index in [-0.39, 0.29) is 5.41 Å². The van der Waals surface area contributed by atoms with E-state index in [4.69, 9.17) is 9.72 Å². The number of aromatic nitrogens is 2. The molecular formula is C24H26N2O2. The number of ether oxygens (including phenoxy) is 1. The van der Waals surface area contributed by atoms with Crippen LogP contribution in [0.1, 0.15) is 44.1 Å². The van der Waals surface area contributed by atoms with Gasteiger partial charge in [0, 0.05) is 11.1 Å². The third-order valence-corrected chi connectivity index (χ3v) is 7.57. The van der Waals surface area contributed by atoms with E-state index in [1.165, 1.54) is 38.5 Å². The smallest absolute Gasteiger partial charge is 0.161 e. The summed E-state index contributed by atoms with van der Waals surface area (Å²) in [5, 5.41) is 11.1. The molecule has 4 fully saturated rings. The zero-order chi connectivity index (χ0) is 18.9. The average Bonchev–Trinajstić information content (AvgIpc) is 3.11. The van der Waals surface area contributed by atoms with E-state index in [1.54, 1.807) is 7.11 Å². The number of nitrogens with zero attached hydrogens (tertiary/aromatic N) is 1. The molecule has 2 N–H and O–H groups in total. The highest BCUT2D eigenvalue weighted by molar-refractivity contribution is 5.80. The Bertz CT molecular complexity index is 999. The predicted molar refractivity (Wildman–Crippen MR) is 110 cm³/mol. The van der Waals surface area contributed by atoms with Crippen molar-refractivity contribution in [2.75, 3.05) is 7.11 Å². The molecule has 1 heterocycles. The molecule has 0 unspecified atom stereocenters. The van der Waals surface area contributed by atoms with Crippen molar-refractivity contribution in [3.63, 3.8) is 0 Å². The number of nitrogens with one attached hydrogen (secondary N) is 1. The lowest BCUT2D eigenvalue weighted by atomic mass is 9.48. The molecule has 28 heavy (non-hydrogen) atoms. The van der Waals surface area contributed by atoms with Crippen LogP contribution in [0.25, 0.3) is 22.4 Å². The number of benzene rings is 2. The number of phenols is 1. The molecule has 4 nitrogen and oxygen atoms in total. The number of phenolic OH excluding ortho intramolecular Hbond substituents is 1. The van der Waals surface area contributed by atoms with Gasteiger partial charge < -0.3 is 14.8 Å². The lowest BCUT2D eigenvalue weighted by Crippen LogP contribution is -2.48. The SMILES string of the molecule is COc1cc(-c2nc3ccccc3[nH]2)cc(C23CC4CC(CC(C4)C2)C3)c1O. The van der Waals surface area contributed by atoms with Crippen molar-refractivity contribution in [1.82, 2.24) is 9.97 Å². The third kappa shape index (κ3) is 2.33. The van der Waals surface area contributed by atoms with Crippen LogP contribution in [0.4, 0.5) is 0 Å². The van der Waals surface area contributed by atoms with Crippen molar-refractivity contribution in [2.45, 2.75) is 43.9 Å². The normalized spacial score (nSPS) is 30.8. The molecule has 0 aliphatic heterocycles. The fourth-order valence-corrected chi connectivity index (χ4v) is 6.83. The highest BCUT2D eigenvalue weighted by atomic mass is 16.5. The predicted octanol–water partition coefficient (Wildman–Crippen LogP) is 5.41. The second kappa shape index (κ2) is 5.76. The number of para-hydroxylation sites is 2. The summed E-state index contributed by atoms with van der Waals surface area (Å²) in [5.74, 6) is 4.21. The Labute approximate surface area is 165 Å². The molecule has 4 saturated carbocycles. The van der Waals surface area contributed by atoms with Crippen molar-refractivity contribution in [2.24, 2.45) is 17.8 Å². The van der Waals surface area contributed by atoms with Crippen molar-refractivity contribution in [3.8, 4) is 22.9 Å². The van der Waals surface area contributed by atoms with E-state index < -0.39 is 0 Å². The summed E-state index contributed by atoms with van der Waals surface area (Å²) in [5.41, 5.74) is 4.17. The van der Waals surface area contributed by atoms with E-state index in [0.717, 1.165) is 45.7 Å². The van der Waals surface area contributed by atoms with E-state index >= 15 is 0 Å². The van der Waals surface area contributed by atoms with E-state index in [1.807, 2.05) is 30.3 Å². The Kier molecular flexibility index (Phi) is 3.38. The largest absolute Gasteiger partial charge is 0.504 e. The van der Waals surface area contributed by atoms with Crippen LogP contribution < -0.4 is 4.74 Å². The van der Waals surface area contributed by atoms with Crippen LogP contribution >= 0.6 is 0 Å². The van der Waals surface area contributed by atoms with Gasteiger partial charge in [0.2, 0.25) is 0 Å². The van der Waals surface area contributed by atoms with Gasteiger partial charge in [0.05, 0.1) is 18.1 Å². The van der Waals surface area contributed by atoms with Gasteiger partial charge in [0.15, 0.2) is 11.5 Å². The first kappa shape index (κ1) is 16.5. The van der Waals surface area contributed by atoms with Gasteiger partial charge in [-0.1, -0.05) is 12.1 Å². The minimum Gasteiger partial charge on any atom is -0.504 e. The van der Waals surface area contributed by atoms with Crippen LogP contribution in [0.15, 0.2) is 36.4 Å². The number of fused-ring (bicyclic) bond motifs is 1. The topological polar surface area (TPSA) is 58.1 Å². The Balaban J connectivity index is 1.51. The van der Waals surface area contributed by atoms with Gasteiger partial charge >= 0.3 is 0 Å². The zero-order valence-corrected chi connectivity index (χ0v) is 16.2. The molecule has 2 aromatic carbocycles. The second-order valence-corrected chi connectivity index (χ2v) is 9.38. The first-order valence-electron chi connectivity index (χ1n) is 10.5. The highest BCUT2D eigenvalue weighted by Crippen LogP contribution is 2.62. The van der Waals surface area contributed by atoms with Crippen LogP contribution in [-0.2, 0) is 5.41 Å². The van der Waals surface area contributed by atoms with Crippen molar-refractivity contribution in [3.05, 3.63) is 42.0 Å². The molecule has 4 heteroatoms. The number of methoxy groups -OCH3 is 1. The number of hydrogen-bond donors (Lipinski definition) is 2. The molecule has 1 aromatic heterocycles. The first-order valence-corrected chi connectivity index (χ1v) is 10.5. The number of H-pyrrole nitrogens is 1. The molecule has 4 bridgehead atoms. The molecule has 4 aliphatic rings. The molecule has 0 spiro atoms. The molecule has 0 amide bonds. The van der Waals surface area contributed by atoms with Crippen molar-refractivity contribution >= 4 is 11.0 Å². The van der Waals surface area contributed by atoms with Crippen LogP contribution in [0, 0.1) is 17.8 Å². The molecule has 0 radical (unpaired) electrons. The standard InChI is InChI=1S/C24H26N2O2/c1-28-21-10-17(23-25-19-4-2-3-5-20(19)26-23)9-18(22(21)27)24-11-14-6-15(12-24)8-16(7-14)13-24/h2-5,9-10,14-16,27H,6-8,11-13H2,1H3,(H,25,26). The Hall–Kier alpha value is -2.49. The minimum absolute atomic E-state index is 0.105. The Morgan fingerprint density at radius 2 is 1.71 bits per heavy atom. The zero-order valence-electron chi connectivity index (χ0n) is 16.2. The summed E-state index contributed by atoms with van der Waals surface area (Å²) in [4.78, 5) is 8.22. The Morgan fingerprint density at radius 3 is 2.36 bits per heavy atom. The van der Waals surface area contributed by atoms with Crippen LogP contribution in [0.5, 0.6) is 11.5 Å². The number of aromatic amines is 1. The summed E-state index contributed by atoms with van der Waals surface area (Å²) in [6.45, 7) is 0. The van der Waals surface area contributed by atoms with Gasteiger partial charge in [-0.05, 0) is 86.0 Å². The average molecular weight is 374 g/mol. The summed E-state index contributed by atoms with van der Waals surface area (Å²) in [6.07, 6.45) is 7.79. The van der Waals surface area contributed by atoms with Gasteiger partial charge in [-0.2, -0.15) is 0 Å². The van der Waals surface area contributed by atoms with Gasteiger partial charge in [0.1, 0.15) is 5.82 Å². The van der Waals surface area contributed by atoms with E-state index in [9.17, 15) is 5.11 Å². The maximum absolute atomic E-state index is 11.1. The van der Waals surface area contributed by atoms with E-state index in [0.29, 0.717) is 11.5 Å². The summed E-state index contributed by atoms with van der Waals surface area (Å²) in [6, 6.07) is 12.2. The van der Waals surface area contributed by atoms with Crippen LogP contribution in [0.3, 0.4) is 0 Å². The summed E-state index contributed by atoms with van der Waals surface area (Å²) < 4.78 is 5.59. The monoisotopic (exact) mass is 374 g/mol. The van der Waals surface area contributed by atoms with Crippen LogP contribution in [0.2, 0.25) is 0 Å². The minimum atomic E-state index is 0.105. The number of hydrogen-bond acceptors (Lipinski definition) is 3. The number of imidazole rings is 1. The van der Waals surface area contributed by atoms with Crippen LogP contribution in [-0.4, -0.2) is 22.2 Å². The molecule has 0 saturated heterocycles. The maximum atomic E-state index is 11.1. The Morgan fingerprint density at radius 1 is 1.04 bits per heavy atom. The fourth-order valence-electron chi connectivity index (χ4n) is 6.83. The molecule has 3 aromatic rings. The van der Waals surface area contributed by atoms with E-state index in [2.05, 4.69) is 11.1 Å². The summed E-state index contributed by atoms with van der Waals surface area (Å²) >= 11 is 0. The molecule has 7 rings (SSSR count). The first-order chi connectivity index (χ1) is 13.6. The lowest BCUT2D eigenvalue weighted by Gasteiger charge is -2.57. The van der Waals surface area contributed by atoms with Gasteiger partial charge in [-0.3, -0.25) is 0 Å². The molecule has 144 valence electrons. The van der Waals surface area contributed by atoms with Crippen molar-refractivity contribution < 1.29 is 9.84 Å². The highest BCUT2D eigenvalue weighted by Gasteiger charge is 2.52. The van der Waals surface area contributed by atoms with Gasteiger partial charge in [-0.25, -0.2) is 4.98 Å². The van der Waals surface area contributed by atoms with Gasteiger partial charge in [0.25, 0.3) is 0 Å².